The number of nitrogens with zero attached hydrogens (tertiary/aromatic N) is 2. The highest BCUT2D eigenvalue weighted by Crippen LogP contribution is 2.16. The first-order valence-corrected chi connectivity index (χ1v) is 7.55. The maximum Gasteiger partial charge on any atom is 0.251 e. The number of aromatic nitrogens is 1. The summed E-state index contributed by atoms with van der Waals surface area (Å²) in [6.07, 6.45) is 5.75. The van der Waals surface area contributed by atoms with Crippen molar-refractivity contribution in [2.45, 2.75) is 26.7 Å². The SMILES string of the molecule is CC(C)CCN1CC[C@H](CNC(=O)c2ccncc2)C1. The van der Waals surface area contributed by atoms with Gasteiger partial charge in [0.2, 0.25) is 0 Å². The highest BCUT2D eigenvalue weighted by molar-refractivity contribution is 5.93. The van der Waals surface area contributed by atoms with E-state index in [2.05, 4.69) is 29.0 Å². The molecule has 1 aliphatic heterocycles. The van der Waals surface area contributed by atoms with Crippen molar-refractivity contribution in [3.05, 3.63) is 30.1 Å². The lowest BCUT2D eigenvalue weighted by Gasteiger charge is -2.17. The van der Waals surface area contributed by atoms with Crippen LogP contribution < -0.4 is 5.32 Å². The summed E-state index contributed by atoms with van der Waals surface area (Å²) in [6.45, 7) is 8.78. The summed E-state index contributed by atoms with van der Waals surface area (Å²) in [5, 5.41) is 3.03. The standard InChI is InChI=1S/C16H25N3O/c1-13(2)5-9-19-10-6-14(12-19)11-18-16(20)15-3-7-17-8-4-15/h3-4,7-8,13-14H,5-6,9-12H2,1-2H3,(H,18,20)/t14-/m1/s1. The summed E-state index contributed by atoms with van der Waals surface area (Å²) in [7, 11) is 0. The lowest BCUT2D eigenvalue weighted by molar-refractivity contribution is 0.0947. The van der Waals surface area contributed by atoms with E-state index < -0.39 is 0 Å². The van der Waals surface area contributed by atoms with Crippen molar-refractivity contribution in [2.24, 2.45) is 11.8 Å². The van der Waals surface area contributed by atoms with Gasteiger partial charge in [-0.25, -0.2) is 0 Å². The number of carbonyl (C=O) groups is 1. The van der Waals surface area contributed by atoms with Gasteiger partial charge in [-0.3, -0.25) is 9.78 Å². The van der Waals surface area contributed by atoms with Crippen LogP contribution in [0.25, 0.3) is 0 Å². The highest BCUT2D eigenvalue weighted by Gasteiger charge is 2.22. The summed E-state index contributed by atoms with van der Waals surface area (Å²) >= 11 is 0. The third-order valence-corrected chi connectivity index (χ3v) is 3.89. The van der Waals surface area contributed by atoms with Gasteiger partial charge < -0.3 is 10.2 Å². The molecule has 4 heteroatoms. The van der Waals surface area contributed by atoms with Gasteiger partial charge in [0.15, 0.2) is 0 Å². The van der Waals surface area contributed by atoms with Gasteiger partial charge in [0.25, 0.3) is 5.91 Å². The summed E-state index contributed by atoms with van der Waals surface area (Å²) in [6, 6.07) is 3.50. The predicted molar refractivity (Wildman–Crippen MR) is 80.6 cm³/mol. The Morgan fingerprint density at radius 3 is 2.90 bits per heavy atom. The van der Waals surface area contributed by atoms with Gasteiger partial charge in [-0.1, -0.05) is 13.8 Å². The zero-order valence-electron chi connectivity index (χ0n) is 12.5. The van der Waals surface area contributed by atoms with Crippen molar-refractivity contribution in [2.75, 3.05) is 26.2 Å². The third-order valence-electron chi connectivity index (χ3n) is 3.89. The average Bonchev–Trinajstić information content (AvgIpc) is 2.91. The van der Waals surface area contributed by atoms with Gasteiger partial charge in [-0.15, -0.1) is 0 Å². The van der Waals surface area contributed by atoms with E-state index in [1.54, 1.807) is 24.5 Å². The van der Waals surface area contributed by atoms with Crippen LogP contribution in [0.2, 0.25) is 0 Å². The van der Waals surface area contributed by atoms with Gasteiger partial charge in [-0.05, 0) is 49.9 Å². The average molecular weight is 275 g/mol. The molecule has 1 amide bonds. The van der Waals surface area contributed by atoms with Crippen LogP contribution >= 0.6 is 0 Å². The largest absolute Gasteiger partial charge is 0.352 e. The van der Waals surface area contributed by atoms with Gasteiger partial charge >= 0.3 is 0 Å². The molecule has 0 unspecified atom stereocenters. The van der Waals surface area contributed by atoms with E-state index in [0.717, 1.165) is 19.0 Å². The maximum absolute atomic E-state index is 11.9. The van der Waals surface area contributed by atoms with Crippen LogP contribution in [0.5, 0.6) is 0 Å². The second-order valence-electron chi connectivity index (χ2n) is 6.08. The minimum atomic E-state index is 0.00744. The number of amides is 1. The Hall–Kier alpha value is -1.42. The van der Waals surface area contributed by atoms with Crippen molar-refractivity contribution in [3.8, 4) is 0 Å². The van der Waals surface area contributed by atoms with Crippen LogP contribution in [0.3, 0.4) is 0 Å². The summed E-state index contributed by atoms with van der Waals surface area (Å²) in [5.74, 6) is 1.36. The van der Waals surface area contributed by atoms with Crippen LogP contribution in [-0.4, -0.2) is 42.0 Å². The van der Waals surface area contributed by atoms with E-state index in [0.29, 0.717) is 11.5 Å². The zero-order valence-corrected chi connectivity index (χ0v) is 12.5. The molecule has 1 saturated heterocycles. The van der Waals surface area contributed by atoms with Gasteiger partial charge in [0, 0.05) is 31.0 Å². The maximum atomic E-state index is 11.9. The van der Waals surface area contributed by atoms with Crippen molar-refractivity contribution in [3.63, 3.8) is 0 Å². The fourth-order valence-electron chi connectivity index (χ4n) is 2.57. The highest BCUT2D eigenvalue weighted by atomic mass is 16.1. The number of hydrogen-bond donors (Lipinski definition) is 1. The Labute approximate surface area is 121 Å². The molecule has 4 nitrogen and oxygen atoms in total. The molecule has 1 atom stereocenters. The lowest BCUT2D eigenvalue weighted by Crippen LogP contribution is -2.31. The first-order chi connectivity index (χ1) is 9.65. The molecule has 1 aliphatic rings. The van der Waals surface area contributed by atoms with Crippen LogP contribution in [0.1, 0.15) is 37.0 Å². The topological polar surface area (TPSA) is 45.2 Å². The number of nitrogens with one attached hydrogen (secondary N) is 1. The number of likely N-dealkylation sites (tertiary alicyclic amines) is 1. The van der Waals surface area contributed by atoms with Gasteiger partial charge in [-0.2, -0.15) is 0 Å². The molecule has 0 aliphatic carbocycles. The molecule has 0 spiro atoms. The third kappa shape index (κ3) is 4.60. The fourth-order valence-corrected chi connectivity index (χ4v) is 2.57. The van der Waals surface area contributed by atoms with E-state index in [9.17, 15) is 4.79 Å². The predicted octanol–water partition coefficient (Wildman–Crippen LogP) is 2.18. The Kier molecular flexibility index (Phi) is 5.53. The van der Waals surface area contributed by atoms with Crippen LogP contribution in [0.4, 0.5) is 0 Å². The molecule has 1 N–H and O–H groups in total. The van der Waals surface area contributed by atoms with Crippen molar-refractivity contribution in [1.29, 1.82) is 0 Å². The summed E-state index contributed by atoms with van der Waals surface area (Å²) in [5.41, 5.74) is 0.690. The van der Waals surface area contributed by atoms with E-state index in [4.69, 9.17) is 0 Å². The van der Waals surface area contributed by atoms with Crippen LogP contribution in [0.15, 0.2) is 24.5 Å². The van der Waals surface area contributed by atoms with Gasteiger partial charge in [0.05, 0.1) is 0 Å². The molecule has 1 fully saturated rings. The van der Waals surface area contributed by atoms with E-state index >= 15 is 0 Å². The molecule has 0 aromatic carbocycles. The molecule has 1 aromatic rings. The number of hydrogen-bond acceptors (Lipinski definition) is 3. The van der Waals surface area contributed by atoms with Gasteiger partial charge in [0.1, 0.15) is 0 Å². The molecule has 1 aromatic heterocycles. The van der Waals surface area contributed by atoms with Crippen molar-refractivity contribution in [1.82, 2.24) is 15.2 Å². The van der Waals surface area contributed by atoms with E-state index in [-0.39, 0.29) is 5.91 Å². The smallest absolute Gasteiger partial charge is 0.251 e. The fraction of sp³-hybridized carbons (Fsp3) is 0.625. The normalized spacial score (nSPS) is 19.4. The monoisotopic (exact) mass is 275 g/mol. The second-order valence-corrected chi connectivity index (χ2v) is 6.08. The summed E-state index contributed by atoms with van der Waals surface area (Å²) < 4.78 is 0. The Bertz CT molecular complexity index is 419. The molecule has 2 heterocycles. The molecule has 0 radical (unpaired) electrons. The second kappa shape index (κ2) is 7.39. The van der Waals surface area contributed by atoms with Crippen LogP contribution in [0, 0.1) is 11.8 Å². The molecule has 0 bridgehead atoms. The number of rotatable bonds is 6. The van der Waals surface area contributed by atoms with Crippen LogP contribution in [-0.2, 0) is 0 Å². The minimum Gasteiger partial charge on any atom is -0.352 e. The summed E-state index contributed by atoms with van der Waals surface area (Å²) in [4.78, 5) is 18.4. The van der Waals surface area contributed by atoms with E-state index in [1.807, 2.05) is 0 Å². The molecular formula is C16H25N3O. The Balaban J connectivity index is 1.69. The lowest BCUT2D eigenvalue weighted by atomic mass is 10.1. The zero-order chi connectivity index (χ0) is 14.4. The Morgan fingerprint density at radius 1 is 1.45 bits per heavy atom. The number of carbonyl (C=O) groups excluding carboxylic acids is 1. The molecule has 20 heavy (non-hydrogen) atoms. The van der Waals surface area contributed by atoms with Crippen molar-refractivity contribution >= 4 is 5.91 Å². The van der Waals surface area contributed by atoms with E-state index in [1.165, 1.54) is 25.9 Å². The molecule has 2 rings (SSSR count). The first-order valence-electron chi connectivity index (χ1n) is 7.55. The van der Waals surface area contributed by atoms with Crippen molar-refractivity contribution < 1.29 is 4.79 Å². The molecule has 0 saturated carbocycles. The minimum absolute atomic E-state index is 0.00744. The molecular weight excluding hydrogens is 250 g/mol. The Morgan fingerprint density at radius 2 is 2.20 bits per heavy atom. The quantitative estimate of drug-likeness (QED) is 0.865. The first kappa shape index (κ1) is 15.0. The molecule has 110 valence electrons. The number of pyridine rings is 1.